The third-order valence-corrected chi connectivity index (χ3v) is 1.03. The first-order valence-electron chi connectivity index (χ1n) is 2.63. The topological polar surface area (TPSA) is 59.3 Å². The van der Waals surface area contributed by atoms with Crippen molar-refractivity contribution in [3.05, 3.63) is 34.7 Å². The van der Waals surface area contributed by atoms with Gasteiger partial charge in [0.05, 0.1) is 0 Å². The van der Waals surface area contributed by atoms with Crippen molar-refractivity contribution in [2.75, 3.05) is 0 Å². The Morgan fingerprint density at radius 1 is 1.50 bits per heavy atom. The molecule has 1 rings (SSSR count). The van der Waals surface area contributed by atoms with Crippen molar-refractivity contribution in [3.63, 3.8) is 0 Å². The highest BCUT2D eigenvalue weighted by atomic mass is 16.4. The van der Waals surface area contributed by atoms with Gasteiger partial charge in [0.1, 0.15) is 0 Å². The van der Waals surface area contributed by atoms with E-state index in [2.05, 4.69) is 0 Å². The largest absolute Gasteiger partial charge is 0.464 e. The van der Waals surface area contributed by atoms with E-state index in [0.717, 1.165) is 0 Å². The van der Waals surface area contributed by atoms with Crippen molar-refractivity contribution < 1.29 is 9.90 Å². The van der Waals surface area contributed by atoms with Gasteiger partial charge in [0.2, 0.25) is 0 Å². The molecule has 52 valence electrons. The molecule has 1 aromatic heterocycles. The molecule has 0 fully saturated rings. The van der Waals surface area contributed by atoms with Gasteiger partial charge in [-0.3, -0.25) is 4.79 Å². The molecule has 0 saturated carbocycles. The zero-order valence-corrected chi connectivity index (χ0v) is 5.02. The highest BCUT2D eigenvalue weighted by Crippen LogP contribution is 1.79. The maximum Gasteiger partial charge on any atom is 0.418 e. The first-order chi connectivity index (χ1) is 4.72. The number of pyridine rings is 1. The maximum atomic E-state index is 10.6. The highest BCUT2D eigenvalue weighted by molar-refractivity contribution is 5.67. The second-order valence-electron chi connectivity index (χ2n) is 1.69. The minimum absolute atomic E-state index is 0.532. The SMILES string of the molecule is O=C(O)n1ccccc1=O. The van der Waals surface area contributed by atoms with Crippen molar-refractivity contribution in [1.29, 1.82) is 0 Å². The average molecular weight is 139 g/mol. The fourth-order valence-electron chi connectivity index (χ4n) is 0.585. The van der Waals surface area contributed by atoms with E-state index >= 15 is 0 Å². The number of nitrogens with zero attached hydrogens (tertiary/aromatic N) is 1. The van der Waals surface area contributed by atoms with Gasteiger partial charge in [-0.05, 0) is 6.07 Å². The molecule has 4 heteroatoms. The summed E-state index contributed by atoms with van der Waals surface area (Å²) in [5.41, 5.74) is -0.532. The molecule has 1 heterocycles. The Labute approximate surface area is 56.3 Å². The number of carboxylic acid groups (broad SMARTS) is 1. The van der Waals surface area contributed by atoms with Crippen LogP contribution in [0.4, 0.5) is 4.79 Å². The quantitative estimate of drug-likeness (QED) is 0.565. The standard InChI is InChI=1S/C6H5NO3/c8-5-3-1-2-4-7(5)6(9)10/h1-4H,(H,9,10). The van der Waals surface area contributed by atoms with E-state index in [1.807, 2.05) is 0 Å². The second kappa shape index (κ2) is 2.34. The molecule has 0 unspecified atom stereocenters. The molecule has 0 saturated heterocycles. The summed E-state index contributed by atoms with van der Waals surface area (Å²) >= 11 is 0. The minimum Gasteiger partial charge on any atom is -0.464 e. The van der Waals surface area contributed by atoms with Crippen molar-refractivity contribution in [2.45, 2.75) is 0 Å². The molecule has 0 radical (unpaired) electrons. The van der Waals surface area contributed by atoms with E-state index < -0.39 is 11.7 Å². The summed E-state index contributed by atoms with van der Waals surface area (Å²) in [6.45, 7) is 0. The summed E-state index contributed by atoms with van der Waals surface area (Å²) in [6.07, 6.45) is -0.0596. The molecule has 0 bridgehead atoms. The van der Waals surface area contributed by atoms with E-state index in [4.69, 9.17) is 5.11 Å². The van der Waals surface area contributed by atoms with E-state index in [1.54, 1.807) is 0 Å². The Hall–Kier alpha value is -1.58. The number of carbonyl (C=O) groups is 1. The first kappa shape index (κ1) is 6.54. The molecule has 0 aromatic carbocycles. The summed E-state index contributed by atoms with van der Waals surface area (Å²) in [4.78, 5) is 20.8. The summed E-state index contributed by atoms with van der Waals surface area (Å²) < 4.78 is 0.611. The third-order valence-electron chi connectivity index (χ3n) is 1.03. The van der Waals surface area contributed by atoms with Crippen LogP contribution >= 0.6 is 0 Å². The number of hydrogen-bond donors (Lipinski definition) is 1. The predicted molar refractivity (Wildman–Crippen MR) is 34.1 cm³/mol. The van der Waals surface area contributed by atoms with Crippen LogP contribution in [0.3, 0.4) is 0 Å². The van der Waals surface area contributed by atoms with Crippen molar-refractivity contribution in [3.8, 4) is 0 Å². The minimum atomic E-state index is -1.26. The summed E-state index contributed by atoms with van der Waals surface area (Å²) in [6, 6.07) is 4.16. The van der Waals surface area contributed by atoms with Gasteiger partial charge in [0, 0.05) is 12.3 Å². The monoisotopic (exact) mass is 139 g/mol. The van der Waals surface area contributed by atoms with Crippen molar-refractivity contribution >= 4 is 6.09 Å². The van der Waals surface area contributed by atoms with Crippen molar-refractivity contribution in [1.82, 2.24) is 4.57 Å². The lowest BCUT2D eigenvalue weighted by Gasteiger charge is -1.93. The van der Waals surface area contributed by atoms with E-state index in [-0.39, 0.29) is 0 Å². The van der Waals surface area contributed by atoms with Crippen LogP contribution in [0.15, 0.2) is 29.2 Å². The highest BCUT2D eigenvalue weighted by Gasteiger charge is 1.98. The van der Waals surface area contributed by atoms with Gasteiger partial charge in [-0.15, -0.1) is 0 Å². The molecule has 1 aromatic rings. The first-order valence-corrected chi connectivity index (χ1v) is 2.63. The molecule has 0 amide bonds. The van der Waals surface area contributed by atoms with Gasteiger partial charge in [-0.25, -0.2) is 9.36 Å². The van der Waals surface area contributed by atoms with Crippen LogP contribution in [0.2, 0.25) is 0 Å². The van der Waals surface area contributed by atoms with Gasteiger partial charge in [-0.1, -0.05) is 6.07 Å². The van der Waals surface area contributed by atoms with Crippen LogP contribution in [0, 0.1) is 0 Å². The molecular formula is C6H5NO3. The molecule has 0 spiro atoms. The van der Waals surface area contributed by atoms with Gasteiger partial charge in [-0.2, -0.15) is 0 Å². The van der Waals surface area contributed by atoms with Crippen LogP contribution in [0.25, 0.3) is 0 Å². The Morgan fingerprint density at radius 3 is 2.60 bits per heavy atom. The zero-order chi connectivity index (χ0) is 7.56. The molecular weight excluding hydrogens is 134 g/mol. The zero-order valence-electron chi connectivity index (χ0n) is 5.02. The fourth-order valence-corrected chi connectivity index (χ4v) is 0.585. The summed E-state index contributed by atoms with van der Waals surface area (Å²) in [5, 5.41) is 8.33. The van der Waals surface area contributed by atoms with Crippen LogP contribution < -0.4 is 5.56 Å². The lowest BCUT2D eigenvalue weighted by atomic mass is 10.5. The smallest absolute Gasteiger partial charge is 0.418 e. The van der Waals surface area contributed by atoms with Gasteiger partial charge in [0.15, 0.2) is 0 Å². The molecule has 1 N–H and O–H groups in total. The number of aromatic nitrogens is 1. The van der Waals surface area contributed by atoms with Gasteiger partial charge in [0.25, 0.3) is 5.56 Å². The molecule has 0 aliphatic heterocycles. The Morgan fingerprint density at radius 2 is 2.20 bits per heavy atom. The lowest BCUT2D eigenvalue weighted by molar-refractivity contribution is 0.195. The van der Waals surface area contributed by atoms with Crippen LogP contribution in [0.1, 0.15) is 0 Å². The molecule has 4 nitrogen and oxygen atoms in total. The number of hydrogen-bond acceptors (Lipinski definition) is 2. The molecule has 0 aliphatic rings. The third kappa shape index (κ3) is 1.05. The summed E-state index contributed by atoms with van der Waals surface area (Å²) in [7, 11) is 0. The average Bonchev–Trinajstić information content (AvgIpc) is 1.88. The second-order valence-corrected chi connectivity index (χ2v) is 1.69. The molecule has 0 atom stereocenters. The van der Waals surface area contributed by atoms with Crippen LogP contribution in [0.5, 0.6) is 0 Å². The number of rotatable bonds is 0. The summed E-state index contributed by atoms with van der Waals surface area (Å²) in [5.74, 6) is 0. The van der Waals surface area contributed by atoms with E-state index in [1.165, 1.54) is 24.4 Å². The molecule has 0 aliphatic carbocycles. The Balaban J connectivity index is 3.29. The molecule has 10 heavy (non-hydrogen) atoms. The Kier molecular flexibility index (Phi) is 1.53. The normalized spacial score (nSPS) is 9.20. The fraction of sp³-hybridized carbons (Fsp3) is 0. The van der Waals surface area contributed by atoms with E-state index in [0.29, 0.717) is 4.57 Å². The van der Waals surface area contributed by atoms with Crippen molar-refractivity contribution in [2.24, 2.45) is 0 Å². The van der Waals surface area contributed by atoms with Gasteiger partial charge >= 0.3 is 6.09 Å². The van der Waals surface area contributed by atoms with Crippen LogP contribution in [-0.4, -0.2) is 15.8 Å². The van der Waals surface area contributed by atoms with Gasteiger partial charge < -0.3 is 5.11 Å². The van der Waals surface area contributed by atoms with Crippen LogP contribution in [-0.2, 0) is 0 Å². The Bertz CT molecular complexity index is 302. The predicted octanol–water partition coefficient (Wildman–Crippen LogP) is 0.374. The maximum absolute atomic E-state index is 10.6. The lowest BCUT2D eigenvalue weighted by Crippen LogP contribution is -2.23. The van der Waals surface area contributed by atoms with E-state index in [9.17, 15) is 9.59 Å².